The van der Waals surface area contributed by atoms with Gasteiger partial charge in [0.05, 0.1) is 19.2 Å². The van der Waals surface area contributed by atoms with Crippen molar-refractivity contribution < 1.29 is 14.3 Å². The number of halogens is 1. The zero-order valence-electron chi connectivity index (χ0n) is 20.5. The van der Waals surface area contributed by atoms with E-state index in [0.717, 1.165) is 10.6 Å². The van der Waals surface area contributed by atoms with Crippen molar-refractivity contribution in [2.45, 2.75) is 25.2 Å². The Morgan fingerprint density at radius 2 is 1.89 bits per heavy atom. The maximum atomic E-state index is 12.4. The molecule has 0 bridgehead atoms. The average molecular weight is 546 g/mol. The lowest BCUT2D eigenvalue weighted by molar-refractivity contribution is -0.118. The molecule has 0 radical (unpaired) electrons. The third-order valence-corrected chi connectivity index (χ3v) is 6.78. The molecular weight excluding hydrogens is 522 g/mol. The highest BCUT2D eigenvalue weighted by Gasteiger charge is 2.23. The van der Waals surface area contributed by atoms with Crippen molar-refractivity contribution in [3.05, 3.63) is 99.3 Å². The van der Waals surface area contributed by atoms with Gasteiger partial charge in [0.25, 0.3) is 0 Å². The Hall–Kier alpha value is -4.26. The highest BCUT2D eigenvalue weighted by Crippen LogP contribution is 2.29. The molecule has 0 saturated heterocycles. The summed E-state index contributed by atoms with van der Waals surface area (Å²) in [4.78, 5) is 28.9. The number of nitrogens with zero attached hydrogens (tertiary/aromatic N) is 3. The Bertz CT molecular complexity index is 1490. The van der Waals surface area contributed by atoms with E-state index >= 15 is 0 Å². The van der Waals surface area contributed by atoms with Crippen molar-refractivity contribution in [2.24, 2.45) is 5.73 Å². The Balaban J connectivity index is 1.31. The minimum Gasteiger partial charge on any atom is -0.496 e. The molecule has 192 valence electrons. The van der Waals surface area contributed by atoms with E-state index in [1.807, 2.05) is 24.3 Å². The van der Waals surface area contributed by atoms with Gasteiger partial charge >= 0.3 is 0 Å². The van der Waals surface area contributed by atoms with Crippen molar-refractivity contribution >= 4 is 39.9 Å². The molecule has 0 saturated carbocycles. The normalized spacial score (nSPS) is 11.2. The Morgan fingerprint density at radius 1 is 1.11 bits per heavy atom. The molecule has 4 aromatic rings. The van der Waals surface area contributed by atoms with Crippen LogP contribution in [-0.2, 0) is 22.4 Å². The van der Waals surface area contributed by atoms with Crippen LogP contribution in [-0.4, -0.2) is 34.1 Å². The SMILES string of the molecule is COc1ccccc1CC(=O)Nc1nnc(CCC#Cc2ccc(C(C(N)=O)c3ccccc3Cl)nc2)s1. The van der Waals surface area contributed by atoms with E-state index in [0.29, 0.717) is 45.6 Å². The number of aryl methyl sites for hydroxylation is 1. The highest BCUT2D eigenvalue weighted by atomic mass is 35.5. The van der Waals surface area contributed by atoms with E-state index in [2.05, 4.69) is 32.3 Å². The lowest BCUT2D eigenvalue weighted by Gasteiger charge is -2.14. The van der Waals surface area contributed by atoms with Crippen LogP contribution in [0.4, 0.5) is 5.13 Å². The number of benzene rings is 2. The molecule has 2 aromatic carbocycles. The summed E-state index contributed by atoms with van der Waals surface area (Å²) in [5.41, 5.74) is 8.25. The molecule has 2 heterocycles. The van der Waals surface area contributed by atoms with E-state index in [9.17, 15) is 9.59 Å². The lowest BCUT2D eigenvalue weighted by atomic mass is 9.94. The third-order valence-electron chi connectivity index (χ3n) is 5.54. The highest BCUT2D eigenvalue weighted by molar-refractivity contribution is 7.15. The predicted octanol–water partition coefficient (Wildman–Crippen LogP) is 4.38. The van der Waals surface area contributed by atoms with E-state index in [-0.39, 0.29) is 12.3 Å². The van der Waals surface area contributed by atoms with Gasteiger partial charge in [-0.1, -0.05) is 71.2 Å². The number of nitrogens with one attached hydrogen (secondary N) is 1. The van der Waals surface area contributed by atoms with Crippen LogP contribution in [0.5, 0.6) is 5.75 Å². The van der Waals surface area contributed by atoms with Crippen LogP contribution in [0, 0.1) is 11.8 Å². The molecule has 0 aliphatic rings. The number of methoxy groups -OCH3 is 1. The number of primary amides is 1. The van der Waals surface area contributed by atoms with E-state index in [4.69, 9.17) is 22.1 Å². The predicted molar refractivity (Wildman–Crippen MR) is 147 cm³/mol. The molecule has 0 fully saturated rings. The number of hydrogen-bond acceptors (Lipinski definition) is 7. The summed E-state index contributed by atoms with van der Waals surface area (Å²) in [5.74, 6) is 5.35. The number of ether oxygens (including phenoxy) is 1. The van der Waals surface area contributed by atoms with Crippen LogP contribution < -0.4 is 15.8 Å². The van der Waals surface area contributed by atoms with E-state index in [1.165, 1.54) is 11.3 Å². The van der Waals surface area contributed by atoms with Crippen molar-refractivity contribution in [2.75, 3.05) is 12.4 Å². The number of para-hydroxylation sites is 1. The Labute approximate surface area is 229 Å². The summed E-state index contributed by atoms with van der Waals surface area (Å²) in [6.45, 7) is 0. The number of nitrogens with two attached hydrogens (primary N) is 1. The Morgan fingerprint density at radius 3 is 2.63 bits per heavy atom. The van der Waals surface area contributed by atoms with Crippen LogP contribution in [0.15, 0.2) is 66.9 Å². The number of amides is 2. The van der Waals surface area contributed by atoms with Gasteiger partial charge in [-0.3, -0.25) is 14.6 Å². The standard InChI is InChI=1S/C28H24ClN5O3S/c1-37-23-12-6-3-9-19(23)16-24(35)32-28-34-33-25(38-28)13-7-2-8-18-14-15-22(31-17-18)26(27(30)36)20-10-4-5-11-21(20)29/h3-6,9-12,14-15,17,26H,7,13,16H2,1H3,(H2,30,36)(H,32,34,35). The van der Waals surface area contributed by atoms with Gasteiger partial charge in [-0.15, -0.1) is 10.2 Å². The summed E-state index contributed by atoms with van der Waals surface area (Å²) in [6, 6.07) is 18.0. The minimum absolute atomic E-state index is 0.176. The van der Waals surface area contributed by atoms with Crippen molar-refractivity contribution in [1.29, 1.82) is 0 Å². The molecular formula is C28H24ClN5O3S. The molecule has 0 spiro atoms. The molecule has 3 N–H and O–H groups in total. The van der Waals surface area contributed by atoms with Gasteiger partial charge in [-0.05, 0) is 29.8 Å². The van der Waals surface area contributed by atoms with Gasteiger partial charge in [0.15, 0.2) is 0 Å². The topological polar surface area (TPSA) is 120 Å². The van der Waals surface area contributed by atoms with Crippen LogP contribution in [0.3, 0.4) is 0 Å². The summed E-state index contributed by atoms with van der Waals surface area (Å²) in [5, 5.41) is 12.6. The quantitative estimate of drug-likeness (QED) is 0.301. The van der Waals surface area contributed by atoms with Gasteiger partial charge in [-0.25, -0.2) is 0 Å². The Kier molecular flexibility index (Phi) is 9.03. The van der Waals surface area contributed by atoms with Crippen molar-refractivity contribution in [3.63, 3.8) is 0 Å². The first-order valence-corrected chi connectivity index (χ1v) is 12.9. The van der Waals surface area contributed by atoms with Crippen molar-refractivity contribution in [3.8, 4) is 17.6 Å². The summed E-state index contributed by atoms with van der Waals surface area (Å²) >= 11 is 7.57. The monoisotopic (exact) mass is 545 g/mol. The van der Waals surface area contributed by atoms with E-state index in [1.54, 1.807) is 49.7 Å². The molecule has 10 heteroatoms. The fourth-order valence-electron chi connectivity index (χ4n) is 3.74. The van der Waals surface area contributed by atoms with Gasteiger partial charge in [0.2, 0.25) is 16.9 Å². The smallest absolute Gasteiger partial charge is 0.231 e. The van der Waals surface area contributed by atoms with E-state index < -0.39 is 11.8 Å². The van der Waals surface area contributed by atoms with Crippen LogP contribution in [0.1, 0.15) is 39.7 Å². The zero-order chi connectivity index (χ0) is 26.9. The van der Waals surface area contributed by atoms with Gasteiger partial charge in [-0.2, -0.15) is 0 Å². The molecule has 2 aromatic heterocycles. The van der Waals surface area contributed by atoms with Crippen LogP contribution >= 0.6 is 22.9 Å². The molecule has 1 unspecified atom stereocenters. The molecule has 4 rings (SSSR count). The van der Waals surface area contributed by atoms with Crippen LogP contribution in [0.25, 0.3) is 0 Å². The second-order valence-corrected chi connectivity index (χ2v) is 9.64. The first-order valence-electron chi connectivity index (χ1n) is 11.7. The summed E-state index contributed by atoms with van der Waals surface area (Å²) in [6.07, 6.45) is 2.93. The number of aromatic nitrogens is 3. The van der Waals surface area contributed by atoms with Crippen LogP contribution in [0.2, 0.25) is 5.02 Å². The third kappa shape index (κ3) is 6.94. The number of pyridine rings is 1. The molecule has 38 heavy (non-hydrogen) atoms. The molecule has 0 aliphatic carbocycles. The summed E-state index contributed by atoms with van der Waals surface area (Å²) < 4.78 is 5.29. The summed E-state index contributed by atoms with van der Waals surface area (Å²) in [7, 11) is 1.57. The molecule has 8 nitrogen and oxygen atoms in total. The minimum atomic E-state index is -0.743. The molecule has 0 aliphatic heterocycles. The second kappa shape index (κ2) is 12.8. The molecule has 2 amide bonds. The zero-order valence-corrected chi connectivity index (χ0v) is 22.1. The number of anilines is 1. The van der Waals surface area contributed by atoms with Gasteiger partial charge < -0.3 is 15.8 Å². The number of rotatable bonds is 9. The first-order chi connectivity index (χ1) is 18.4. The maximum absolute atomic E-state index is 12.4. The number of carbonyl (C=O) groups excluding carboxylic acids is 2. The largest absolute Gasteiger partial charge is 0.496 e. The lowest BCUT2D eigenvalue weighted by Crippen LogP contribution is -2.23. The average Bonchev–Trinajstić information content (AvgIpc) is 3.35. The van der Waals surface area contributed by atoms with Crippen molar-refractivity contribution in [1.82, 2.24) is 15.2 Å². The van der Waals surface area contributed by atoms with Gasteiger partial charge in [0.1, 0.15) is 16.7 Å². The number of hydrogen-bond donors (Lipinski definition) is 2. The molecule has 1 atom stereocenters. The fraction of sp³-hybridized carbons (Fsp3) is 0.179. The maximum Gasteiger partial charge on any atom is 0.231 e. The number of carbonyl (C=O) groups is 2. The fourth-order valence-corrected chi connectivity index (χ4v) is 4.74. The second-order valence-electron chi connectivity index (χ2n) is 8.17. The van der Waals surface area contributed by atoms with Gasteiger partial charge in [0, 0.05) is 35.2 Å². The first kappa shape index (κ1) is 26.8.